The number of imidazole rings is 1. The molecule has 0 amide bonds. The van der Waals surface area contributed by atoms with Crippen molar-refractivity contribution >= 4 is 28.3 Å². The van der Waals surface area contributed by atoms with E-state index in [0.717, 1.165) is 44.0 Å². The molecule has 3 heterocycles. The maximum atomic E-state index is 12.1. The summed E-state index contributed by atoms with van der Waals surface area (Å²) in [5.74, 6) is 0.356. The average molecular weight is 493 g/mol. The molecule has 0 unspecified atom stereocenters. The summed E-state index contributed by atoms with van der Waals surface area (Å²) in [5, 5.41) is 24.3. The molecule has 6 rings (SSSR count). The molecule has 0 saturated heterocycles. The molecule has 0 aliphatic carbocycles. The van der Waals surface area contributed by atoms with Crippen LogP contribution in [0.25, 0.3) is 44.9 Å². The monoisotopic (exact) mass is 492 g/mol. The Hall–Kier alpha value is -4.63. The third-order valence-electron chi connectivity index (χ3n) is 6.12. The maximum absolute atomic E-state index is 12.1. The summed E-state index contributed by atoms with van der Waals surface area (Å²) in [6.45, 7) is 2.41. The number of tetrazole rings is 1. The number of nitrogens with one attached hydrogen (secondary N) is 1. The number of fused-ring (bicyclic) bond motifs is 1. The molecule has 0 aliphatic rings. The van der Waals surface area contributed by atoms with Gasteiger partial charge < -0.3 is 9.67 Å². The minimum absolute atomic E-state index is 0.308. The van der Waals surface area contributed by atoms with E-state index in [1.165, 1.54) is 11.3 Å². The van der Waals surface area contributed by atoms with Gasteiger partial charge in [-0.15, -0.1) is 21.5 Å². The second kappa shape index (κ2) is 8.86. The summed E-state index contributed by atoms with van der Waals surface area (Å²) in [4.78, 5) is 18.1. The Kier molecular flexibility index (Phi) is 5.38. The smallest absolute Gasteiger partial charge is 0.348 e. The number of benzene rings is 3. The van der Waals surface area contributed by atoms with E-state index in [-0.39, 0.29) is 0 Å². The van der Waals surface area contributed by atoms with Gasteiger partial charge in [-0.2, -0.15) is 5.21 Å². The van der Waals surface area contributed by atoms with Gasteiger partial charge in [0.05, 0.1) is 5.52 Å². The molecular weight excluding hydrogens is 472 g/mol. The quantitative estimate of drug-likeness (QED) is 0.310. The zero-order chi connectivity index (χ0) is 24.6. The minimum Gasteiger partial charge on any atom is -0.477 e. The highest BCUT2D eigenvalue weighted by Gasteiger charge is 2.23. The van der Waals surface area contributed by atoms with Gasteiger partial charge in [0.2, 0.25) is 5.82 Å². The summed E-state index contributed by atoms with van der Waals surface area (Å²) in [5.41, 5.74) is 6.30. The number of aryl methyl sites for hydroxylation is 1. The van der Waals surface area contributed by atoms with Gasteiger partial charge in [-0.3, -0.25) is 0 Å². The van der Waals surface area contributed by atoms with Crippen LogP contribution in [0, 0.1) is 6.92 Å². The summed E-state index contributed by atoms with van der Waals surface area (Å²) in [6.07, 6.45) is 0. The molecule has 9 heteroatoms. The molecule has 0 radical (unpaired) electrons. The fourth-order valence-corrected chi connectivity index (χ4v) is 5.40. The Labute approximate surface area is 209 Å². The molecule has 36 heavy (non-hydrogen) atoms. The van der Waals surface area contributed by atoms with E-state index >= 15 is 0 Å². The van der Waals surface area contributed by atoms with Crippen LogP contribution in [0.3, 0.4) is 0 Å². The molecule has 0 saturated carbocycles. The minimum atomic E-state index is -0.938. The molecule has 0 fully saturated rings. The van der Waals surface area contributed by atoms with Gasteiger partial charge in [0.25, 0.3) is 0 Å². The van der Waals surface area contributed by atoms with E-state index in [1.807, 2.05) is 66.1 Å². The standard InChI is InChI=1S/C27H20N6O2S/c1-16-22-23(24(36-16)27(34)35)33(26(28-22)19-7-3-2-4-8-19)15-17-11-13-18(14-12-17)20-9-5-6-10-21(20)25-29-31-32-30-25/h2-14H,15H2,1H3,(H,34,35)(H,29,30,31,32). The molecule has 3 aromatic heterocycles. The Morgan fingerprint density at radius 3 is 2.36 bits per heavy atom. The van der Waals surface area contributed by atoms with E-state index in [1.54, 1.807) is 0 Å². The third-order valence-corrected chi connectivity index (χ3v) is 7.19. The second-order valence-electron chi connectivity index (χ2n) is 8.36. The van der Waals surface area contributed by atoms with Crippen molar-refractivity contribution in [3.8, 4) is 33.9 Å². The van der Waals surface area contributed by atoms with E-state index in [0.29, 0.717) is 22.8 Å². The van der Waals surface area contributed by atoms with Crippen LogP contribution in [0.5, 0.6) is 0 Å². The molecule has 8 nitrogen and oxygen atoms in total. The van der Waals surface area contributed by atoms with Crippen LogP contribution in [0.1, 0.15) is 20.1 Å². The van der Waals surface area contributed by atoms with Gasteiger partial charge in [0.1, 0.15) is 16.2 Å². The van der Waals surface area contributed by atoms with Gasteiger partial charge in [-0.1, -0.05) is 78.9 Å². The van der Waals surface area contributed by atoms with Crippen molar-refractivity contribution in [3.05, 3.63) is 94.2 Å². The molecule has 0 atom stereocenters. The number of rotatable bonds is 6. The lowest BCUT2D eigenvalue weighted by atomic mass is 9.98. The number of carboxylic acid groups (broad SMARTS) is 1. The van der Waals surface area contributed by atoms with Gasteiger partial charge in [0.15, 0.2) is 0 Å². The van der Waals surface area contributed by atoms with Gasteiger partial charge in [-0.05, 0) is 28.8 Å². The lowest BCUT2D eigenvalue weighted by Gasteiger charge is -2.12. The van der Waals surface area contributed by atoms with Crippen molar-refractivity contribution in [1.29, 1.82) is 0 Å². The topological polar surface area (TPSA) is 110 Å². The Morgan fingerprint density at radius 1 is 0.944 bits per heavy atom. The van der Waals surface area contributed by atoms with Crippen LogP contribution in [0.2, 0.25) is 0 Å². The zero-order valence-corrected chi connectivity index (χ0v) is 20.0. The highest BCUT2D eigenvalue weighted by molar-refractivity contribution is 7.15. The summed E-state index contributed by atoms with van der Waals surface area (Å²) >= 11 is 1.27. The van der Waals surface area contributed by atoms with Crippen LogP contribution in [0.15, 0.2) is 78.9 Å². The highest BCUT2D eigenvalue weighted by Crippen LogP contribution is 2.36. The van der Waals surface area contributed by atoms with Crippen molar-refractivity contribution in [2.24, 2.45) is 0 Å². The van der Waals surface area contributed by atoms with Gasteiger partial charge >= 0.3 is 5.97 Å². The Morgan fingerprint density at radius 2 is 1.67 bits per heavy atom. The highest BCUT2D eigenvalue weighted by atomic mass is 32.1. The third kappa shape index (κ3) is 3.75. The predicted octanol–water partition coefficient (Wildman–Crippen LogP) is 5.67. The number of thiophene rings is 1. The summed E-state index contributed by atoms with van der Waals surface area (Å²) in [7, 11) is 0. The van der Waals surface area contributed by atoms with Crippen LogP contribution < -0.4 is 0 Å². The maximum Gasteiger partial charge on any atom is 0.348 e. The van der Waals surface area contributed by atoms with Crippen molar-refractivity contribution in [1.82, 2.24) is 30.2 Å². The lowest BCUT2D eigenvalue weighted by molar-refractivity contribution is 0.0703. The number of hydrogen-bond donors (Lipinski definition) is 2. The normalized spacial score (nSPS) is 11.2. The number of nitrogens with zero attached hydrogens (tertiary/aromatic N) is 5. The molecular formula is C27H20N6O2S. The number of H-pyrrole nitrogens is 1. The SMILES string of the molecule is Cc1sc(C(=O)O)c2c1nc(-c1ccccc1)n2Cc1ccc(-c2ccccc2-c2nn[nH]n2)cc1. The molecule has 2 N–H and O–H groups in total. The molecule has 176 valence electrons. The zero-order valence-electron chi connectivity index (χ0n) is 19.2. The van der Waals surface area contributed by atoms with Crippen LogP contribution >= 0.6 is 11.3 Å². The van der Waals surface area contributed by atoms with E-state index in [4.69, 9.17) is 4.98 Å². The first-order valence-electron chi connectivity index (χ1n) is 11.3. The molecule has 3 aromatic carbocycles. The van der Waals surface area contributed by atoms with E-state index in [9.17, 15) is 9.90 Å². The lowest BCUT2D eigenvalue weighted by Crippen LogP contribution is -2.05. The van der Waals surface area contributed by atoms with Gasteiger partial charge in [0, 0.05) is 22.5 Å². The summed E-state index contributed by atoms with van der Waals surface area (Å²) < 4.78 is 2.01. The number of carbonyl (C=O) groups is 1. The largest absolute Gasteiger partial charge is 0.477 e. The van der Waals surface area contributed by atoms with E-state index < -0.39 is 5.97 Å². The van der Waals surface area contributed by atoms with Gasteiger partial charge in [-0.25, -0.2) is 9.78 Å². The Balaban J connectivity index is 1.43. The molecule has 6 aromatic rings. The van der Waals surface area contributed by atoms with Crippen molar-refractivity contribution < 1.29 is 9.90 Å². The van der Waals surface area contributed by atoms with Crippen molar-refractivity contribution in [2.75, 3.05) is 0 Å². The van der Waals surface area contributed by atoms with Crippen molar-refractivity contribution in [3.63, 3.8) is 0 Å². The molecule has 0 aliphatic heterocycles. The number of aromatic carboxylic acids is 1. The first kappa shape index (κ1) is 21.9. The number of carboxylic acids is 1. The second-order valence-corrected chi connectivity index (χ2v) is 9.58. The molecule has 0 bridgehead atoms. The van der Waals surface area contributed by atoms with Crippen LogP contribution in [0.4, 0.5) is 0 Å². The first-order valence-corrected chi connectivity index (χ1v) is 12.1. The molecule has 0 spiro atoms. The predicted molar refractivity (Wildman–Crippen MR) is 139 cm³/mol. The number of aromatic amines is 1. The number of aromatic nitrogens is 6. The number of hydrogen-bond acceptors (Lipinski definition) is 6. The van der Waals surface area contributed by atoms with Crippen LogP contribution in [-0.2, 0) is 6.54 Å². The first-order chi connectivity index (χ1) is 17.6. The summed E-state index contributed by atoms with van der Waals surface area (Å²) in [6, 6.07) is 26.0. The van der Waals surface area contributed by atoms with Crippen LogP contribution in [-0.4, -0.2) is 41.3 Å². The average Bonchev–Trinajstić information content (AvgIpc) is 3.64. The fourth-order valence-electron chi connectivity index (χ4n) is 4.46. The van der Waals surface area contributed by atoms with E-state index in [2.05, 4.69) is 44.9 Å². The Bertz CT molecular complexity index is 1690. The van der Waals surface area contributed by atoms with Crippen molar-refractivity contribution in [2.45, 2.75) is 13.5 Å². The fraction of sp³-hybridized carbons (Fsp3) is 0.0741.